The van der Waals surface area contributed by atoms with Crippen molar-refractivity contribution in [2.24, 2.45) is 5.92 Å². The van der Waals surface area contributed by atoms with Crippen molar-refractivity contribution in [1.29, 1.82) is 10.5 Å². The van der Waals surface area contributed by atoms with Gasteiger partial charge in [-0.05, 0) is 43.9 Å². The van der Waals surface area contributed by atoms with Gasteiger partial charge in [-0.25, -0.2) is 0 Å². The number of rotatable bonds is 5. The van der Waals surface area contributed by atoms with Crippen molar-refractivity contribution in [3.63, 3.8) is 0 Å². The van der Waals surface area contributed by atoms with E-state index in [1.165, 1.54) is 6.07 Å². The first-order valence-corrected chi connectivity index (χ1v) is 6.91. The molecule has 1 aromatic carbocycles. The Balaban J connectivity index is 1.93. The van der Waals surface area contributed by atoms with E-state index >= 15 is 0 Å². The van der Waals surface area contributed by atoms with Crippen molar-refractivity contribution in [3.8, 4) is 17.9 Å². The van der Waals surface area contributed by atoms with Crippen molar-refractivity contribution < 1.29 is 9.53 Å². The lowest BCUT2D eigenvalue weighted by Crippen LogP contribution is -2.48. The van der Waals surface area contributed by atoms with Crippen molar-refractivity contribution in [2.45, 2.75) is 25.3 Å². The van der Waals surface area contributed by atoms with Crippen LogP contribution in [0.25, 0.3) is 0 Å². The van der Waals surface area contributed by atoms with Crippen LogP contribution in [0.3, 0.4) is 0 Å². The van der Waals surface area contributed by atoms with Gasteiger partial charge in [0, 0.05) is 0 Å². The summed E-state index contributed by atoms with van der Waals surface area (Å²) in [6.07, 6.45) is 1.90. The fourth-order valence-corrected chi connectivity index (χ4v) is 2.27. The number of hydrogen-bond donors (Lipinski definition) is 1. The molecule has 1 amide bonds. The van der Waals surface area contributed by atoms with E-state index < -0.39 is 5.54 Å². The molecule has 1 fully saturated rings. The molecule has 1 atom stereocenters. The molecule has 1 aromatic rings. The van der Waals surface area contributed by atoms with Crippen LogP contribution in [0, 0.1) is 28.6 Å². The molecule has 1 N–H and O–H groups in total. The lowest BCUT2D eigenvalue weighted by atomic mass is 9.98. The van der Waals surface area contributed by atoms with Gasteiger partial charge in [0.15, 0.2) is 6.61 Å². The monoisotopic (exact) mass is 303 g/mol. The number of carbonyl (C=O) groups excluding carboxylic acids is 1. The Labute approximate surface area is 128 Å². The molecule has 2 rings (SSSR count). The predicted molar refractivity (Wildman–Crippen MR) is 76.5 cm³/mol. The molecule has 1 saturated carbocycles. The summed E-state index contributed by atoms with van der Waals surface area (Å²) in [6, 6.07) is 8.68. The fraction of sp³-hybridized carbons (Fsp3) is 0.400. The van der Waals surface area contributed by atoms with Crippen LogP contribution in [0.4, 0.5) is 0 Å². The number of benzene rings is 1. The van der Waals surface area contributed by atoms with E-state index in [1.807, 2.05) is 6.07 Å². The maximum atomic E-state index is 11.9. The van der Waals surface area contributed by atoms with E-state index in [2.05, 4.69) is 11.4 Å². The van der Waals surface area contributed by atoms with Crippen LogP contribution in [0.5, 0.6) is 5.75 Å². The molecule has 1 aliphatic carbocycles. The molecular weight excluding hydrogens is 290 g/mol. The van der Waals surface area contributed by atoms with Gasteiger partial charge in [-0.3, -0.25) is 4.79 Å². The first-order chi connectivity index (χ1) is 9.98. The molecule has 0 bridgehead atoms. The fourth-order valence-electron chi connectivity index (χ4n) is 2.04. The predicted octanol–water partition coefficient (Wildman–Crippen LogP) is 2.40. The van der Waals surface area contributed by atoms with Gasteiger partial charge in [0.25, 0.3) is 5.91 Å². The Hall–Kier alpha value is -2.24. The number of hydrogen-bond acceptors (Lipinski definition) is 4. The van der Waals surface area contributed by atoms with Gasteiger partial charge in [0.05, 0.1) is 22.7 Å². The van der Waals surface area contributed by atoms with E-state index in [1.54, 1.807) is 19.1 Å². The van der Waals surface area contributed by atoms with Crippen molar-refractivity contribution in [2.75, 3.05) is 6.61 Å². The number of carbonyl (C=O) groups is 1. The van der Waals surface area contributed by atoms with E-state index in [-0.39, 0.29) is 23.5 Å². The van der Waals surface area contributed by atoms with E-state index in [9.17, 15) is 10.1 Å². The molecule has 108 valence electrons. The third-order valence-corrected chi connectivity index (χ3v) is 3.74. The molecular formula is C15H14ClN3O2. The van der Waals surface area contributed by atoms with Crippen LogP contribution in [-0.2, 0) is 4.79 Å². The number of ether oxygens (including phenoxy) is 1. The summed E-state index contributed by atoms with van der Waals surface area (Å²) in [4.78, 5) is 11.9. The standard InChI is InChI=1S/C15H14ClN3O2/c1-15(9-18,11-3-4-11)19-14(20)8-21-13-5-2-10(7-17)6-12(13)16/h2,5-6,11H,3-4,8H2,1H3,(H,19,20)/t15-/m0/s1. The molecule has 0 radical (unpaired) electrons. The van der Waals surface area contributed by atoms with Crippen LogP contribution < -0.4 is 10.1 Å². The van der Waals surface area contributed by atoms with E-state index in [0.717, 1.165) is 12.8 Å². The smallest absolute Gasteiger partial charge is 0.259 e. The maximum Gasteiger partial charge on any atom is 0.259 e. The van der Waals surface area contributed by atoms with Crippen LogP contribution in [0.2, 0.25) is 5.02 Å². The van der Waals surface area contributed by atoms with Gasteiger partial charge < -0.3 is 10.1 Å². The zero-order valence-corrected chi connectivity index (χ0v) is 12.3. The van der Waals surface area contributed by atoms with Crippen LogP contribution >= 0.6 is 11.6 Å². The minimum Gasteiger partial charge on any atom is -0.482 e. The quantitative estimate of drug-likeness (QED) is 0.905. The van der Waals surface area contributed by atoms with Gasteiger partial charge in [-0.2, -0.15) is 10.5 Å². The molecule has 5 nitrogen and oxygen atoms in total. The van der Waals surface area contributed by atoms with Crippen molar-refractivity contribution >= 4 is 17.5 Å². The summed E-state index contributed by atoms with van der Waals surface area (Å²) < 4.78 is 5.33. The Morgan fingerprint density at radius 2 is 2.24 bits per heavy atom. The Kier molecular flexibility index (Phi) is 4.35. The normalized spacial score (nSPS) is 16.2. The second-order valence-electron chi connectivity index (χ2n) is 5.18. The number of nitrogens with zero attached hydrogens (tertiary/aromatic N) is 2. The highest BCUT2D eigenvalue weighted by molar-refractivity contribution is 6.32. The van der Waals surface area contributed by atoms with Gasteiger partial charge >= 0.3 is 0 Å². The Morgan fingerprint density at radius 3 is 2.76 bits per heavy atom. The third kappa shape index (κ3) is 3.65. The molecule has 0 heterocycles. The highest BCUT2D eigenvalue weighted by Crippen LogP contribution is 2.39. The average molecular weight is 304 g/mol. The summed E-state index contributed by atoms with van der Waals surface area (Å²) in [5.41, 5.74) is -0.419. The highest BCUT2D eigenvalue weighted by Gasteiger charge is 2.43. The molecule has 1 aliphatic rings. The van der Waals surface area contributed by atoms with Gasteiger partial charge in [0.1, 0.15) is 11.3 Å². The molecule has 21 heavy (non-hydrogen) atoms. The molecule has 0 unspecified atom stereocenters. The summed E-state index contributed by atoms with van der Waals surface area (Å²) >= 11 is 5.95. The number of amides is 1. The Morgan fingerprint density at radius 1 is 1.52 bits per heavy atom. The molecule has 0 aliphatic heterocycles. The van der Waals surface area contributed by atoms with Crippen LogP contribution in [-0.4, -0.2) is 18.1 Å². The zero-order chi connectivity index (χ0) is 15.5. The minimum absolute atomic E-state index is 0.213. The minimum atomic E-state index is -0.838. The maximum absolute atomic E-state index is 11.9. The first kappa shape index (κ1) is 15.2. The molecule has 0 spiro atoms. The SMILES string of the molecule is C[C@@](C#N)(NC(=O)COc1ccc(C#N)cc1Cl)C1CC1. The summed E-state index contributed by atoms with van der Waals surface area (Å²) in [5.74, 6) is 0.173. The second kappa shape index (κ2) is 6.03. The number of nitrogens with one attached hydrogen (secondary N) is 1. The summed E-state index contributed by atoms with van der Waals surface area (Å²) in [5, 5.41) is 20.9. The lowest BCUT2D eigenvalue weighted by Gasteiger charge is -2.22. The third-order valence-electron chi connectivity index (χ3n) is 3.44. The average Bonchev–Trinajstić information content (AvgIpc) is 3.30. The molecule has 0 aromatic heterocycles. The van der Waals surface area contributed by atoms with Crippen molar-refractivity contribution in [1.82, 2.24) is 5.32 Å². The zero-order valence-electron chi connectivity index (χ0n) is 11.5. The van der Waals surface area contributed by atoms with Gasteiger partial charge in [0.2, 0.25) is 0 Å². The van der Waals surface area contributed by atoms with Gasteiger partial charge in [-0.15, -0.1) is 0 Å². The van der Waals surface area contributed by atoms with Crippen LogP contribution in [0.1, 0.15) is 25.3 Å². The lowest BCUT2D eigenvalue weighted by molar-refractivity contribution is -0.124. The highest BCUT2D eigenvalue weighted by atomic mass is 35.5. The number of halogens is 1. The van der Waals surface area contributed by atoms with Crippen LogP contribution in [0.15, 0.2) is 18.2 Å². The topological polar surface area (TPSA) is 85.9 Å². The number of nitriles is 2. The first-order valence-electron chi connectivity index (χ1n) is 6.53. The van der Waals surface area contributed by atoms with E-state index in [0.29, 0.717) is 11.3 Å². The second-order valence-corrected chi connectivity index (χ2v) is 5.59. The van der Waals surface area contributed by atoms with Gasteiger partial charge in [-0.1, -0.05) is 11.6 Å². The summed E-state index contributed by atoms with van der Waals surface area (Å²) in [6.45, 7) is 1.49. The Bertz CT molecular complexity index is 643. The molecule has 6 heteroatoms. The summed E-state index contributed by atoms with van der Waals surface area (Å²) in [7, 11) is 0. The van der Waals surface area contributed by atoms with Crippen molar-refractivity contribution in [3.05, 3.63) is 28.8 Å². The van der Waals surface area contributed by atoms with E-state index in [4.69, 9.17) is 21.6 Å². The molecule has 0 saturated heterocycles. The largest absolute Gasteiger partial charge is 0.482 e.